The Morgan fingerprint density at radius 2 is 2.00 bits per heavy atom. The predicted molar refractivity (Wildman–Crippen MR) is 72.3 cm³/mol. The van der Waals surface area contributed by atoms with E-state index in [1.54, 1.807) is 6.07 Å². The maximum Gasteiger partial charge on any atom is 0.338 e. The zero-order valence-corrected chi connectivity index (χ0v) is 10.3. The van der Waals surface area contributed by atoms with Crippen LogP contribution in [0.25, 0.3) is 21.8 Å². The molecule has 3 aromatic rings. The minimum Gasteiger partial charge on any atom is -0.506 e. The molecule has 1 heterocycles. The summed E-state index contributed by atoms with van der Waals surface area (Å²) in [7, 11) is 1.33. The van der Waals surface area contributed by atoms with Gasteiger partial charge in [-0.3, -0.25) is 0 Å². The van der Waals surface area contributed by atoms with E-state index in [0.29, 0.717) is 16.5 Å². The number of nitrogens with zero attached hydrogens (tertiary/aromatic N) is 1. The molecule has 0 unspecified atom stereocenters. The van der Waals surface area contributed by atoms with Crippen molar-refractivity contribution in [3.63, 3.8) is 0 Å². The number of phenolic OH excluding ortho intramolecular Hbond substituents is 1. The highest BCUT2D eigenvalue weighted by Crippen LogP contribution is 2.29. The zero-order valence-electron chi connectivity index (χ0n) is 10.3. The van der Waals surface area contributed by atoms with E-state index < -0.39 is 5.97 Å². The number of methoxy groups -OCH3 is 1. The van der Waals surface area contributed by atoms with E-state index in [0.717, 1.165) is 10.9 Å². The highest BCUT2D eigenvalue weighted by Gasteiger charge is 2.14. The van der Waals surface area contributed by atoms with Crippen LogP contribution in [0.5, 0.6) is 5.75 Å². The predicted octanol–water partition coefficient (Wildman–Crippen LogP) is 2.88. The van der Waals surface area contributed by atoms with Crippen LogP contribution in [-0.2, 0) is 4.74 Å². The lowest BCUT2D eigenvalue weighted by atomic mass is 10.1. The highest BCUT2D eigenvalue weighted by atomic mass is 16.5. The van der Waals surface area contributed by atoms with E-state index in [9.17, 15) is 9.90 Å². The number of carbonyl (C=O) groups excluding carboxylic acids is 1. The Labute approximate surface area is 109 Å². The van der Waals surface area contributed by atoms with Gasteiger partial charge in [-0.25, -0.2) is 9.78 Å². The SMILES string of the molecule is COC(=O)c1ccc(O)c2nc3ccccc3cc12. The topological polar surface area (TPSA) is 59.4 Å². The Morgan fingerprint density at radius 1 is 1.21 bits per heavy atom. The second kappa shape index (κ2) is 4.24. The Hall–Kier alpha value is -2.62. The third kappa shape index (κ3) is 1.78. The van der Waals surface area contributed by atoms with Crippen molar-refractivity contribution in [2.24, 2.45) is 0 Å². The van der Waals surface area contributed by atoms with Crippen LogP contribution >= 0.6 is 0 Å². The molecule has 19 heavy (non-hydrogen) atoms. The summed E-state index contributed by atoms with van der Waals surface area (Å²) in [6, 6.07) is 12.4. The van der Waals surface area contributed by atoms with Gasteiger partial charge in [-0.1, -0.05) is 18.2 Å². The smallest absolute Gasteiger partial charge is 0.338 e. The fourth-order valence-corrected chi connectivity index (χ4v) is 2.14. The van der Waals surface area contributed by atoms with Gasteiger partial charge in [0.2, 0.25) is 0 Å². The molecule has 2 aromatic carbocycles. The first kappa shape index (κ1) is 11.5. The second-order valence-electron chi connectivity index (χ2n) is 4.20. The molecule has 0 fully saturated rings. The number of para-hydroxylation sites is 1. The minimum atomic E-state index is -0.443. The molecular weight excluding hydrogens is 242 g/mol. The summed E-state index contributed by atoms with van der Waals surface area (Å²) in [5.41, 5.74) is 1.57. The molecule has 0 aliphatic rings. The molecule has 0 amide bonds. The molecule has 4 nitrogen and oxygen atoms in total. The molecule has 0 bridgehead atoms. The fourth-order valence-electron chi connectivity index (χ4n) is 2.14. The Bertz CT molecular complexity index is 796. The lowest BCUT2D eigenvalue weighted by Gasteiger charge is -2.07. The second-order valence-corrected chi connectivity index (χ2v) is 4.20. The number of carbonyl (C=O) groups is 1. The van der Waals surface area contributed by atoms with Crippen molar-refractivity contribution in [1.82, 2.24) is 4.98 Å². The van der Waals surface area contributed by atoms with Gasteiger partial charge in [0.15, 0.2) is 0 Å². The number of hydrogen-bond donors (Lipinski definition) is 1. The van der Waals surface area contributed by atoms with Gasteiger partial charge in [0.25, 0.3) is 0 Å². The van der Waals surface area contributed by atoms with Crippen LogP contribution in [0.1, 0.15) is 10.4 Å². The van der Waals surface area contributed by atoms with Crippen molar-refractivity contribution >= 4 is 27.8 Å². The van der Waals surface area contributed by atoms with E-state index in [2.05, 4.69) is 4.98 Å². The number of rotatable bonds is 1. The molecule has 1 aromatic heterocycles. The van der Waals surface area contributed by atoms with Crippen LogP contribution in [0.2, 0.25) is 0 Å². The van der Waals surface area contributed by atoms with Crippen molar-refractivity contribution in [1.29, 1.82) is 0 Å². The summed E-state index contributed by atoms with van der Waals surface area (Å²) in [4.78, 5) is 16.1. The molecule has 3 rings (SSSR count). The minimum absolute atomic E-state index is 0.0495. The average Bonchev–Trinajstić information content (AvgIpc) is 2.45. The number of benzene rings is 2. The normalized spacial score (nSPS) is 10.8. The van der Waals surface area contributed by atoms with E-state index in [1.807, 2.05) is 30.3 Å². The fraction of sp³-hybridized carbons (Fsp3) is 0.0667. The largest absolute Gasteiger partial charge is 0.506 e. The highest BCUT2D eigenvalue weighted by molar-refractivity contribution is 6.08. The average molecular weight is 253 g/mol. The molecule has 4 heteroatoms. The first-order chi connectivity index (χ1) is 9.20. The molecule has 0 radical (unpaired) electrons. The maximum atomic E-state index is 11.7. The summed E-state index contributed by atoms with van der Waals surface area (Å²) in [6.07, 6.45) is 0. The molecular formula is C15H11NO3. The quantitative estimate of drug-likeness (QED) is 0.535. The van der Waals surface area contributed by atoms with Crippen molar-refractivity contribution in [2.75, 3.05) is 7.11 Å². The van der Waals surface area contributed by atoms with Gasteiger partial charge in [0, 0.05) is 10.8 Å². The maximum absolute atomic E-state index is 11.7. The van der Waals surface area contributed by atoms with Gasteiger partial charge in [-0.05, 0) is 24.3 Å². The molecule has 0 saturated carbocycles. The molecule has 0 aliphatic heterocycles. The summed E-state index contributed by atoms with van der Waals surface area (Å²) in [5.74, 6) is -0.393. The summed E-state index contributed by atoms with van der Waals surface area (Å²) < 4.78 is 4.75. The van der Waals surface area contributed by atoms with Crippen LogP contribution in [0.4, 0.5) is 0 Å². The van der Waals surface area contributed by atoms with Crippen LogP contribution in [0, 0.1) is 0 Å². The van der Waals surface area contributed by atoms with Gasteiger partial charge in [0.05, 0.1) is 18.2 Å². The van der Waals surface area contributed by atoms with Gasteiger partial charge < -0.3 is 9.84 Å². The number of aromatic nitrogens is 1. The monoisotopic (exact) mass is 253 g/mol. The van der Waals surface area contributed by atoms with Crippen LogP contribution in [0.3, 0.4) is 0 Å². The summed E-state index contributed by atoms with van der Waals surface area (Å²) in [6.45, 7) is 0. The number of esters is 1. The molecule has 94 valence electrons. The first-order valence-electron chi connectivity index (χ1n) is 5.80. The molecule has 0 atom stereocenters. The van der Waals surface area contributed by atoms with Crippen molar-refractivity contribution in [3.8, 4) is 5.75 Å². The van der Waals surface area contributed by atoms with Crippen LogP contribution in [0.15, 0.2) is 42.5 Å². The van der Waals surface area contributed by atoms with Gasteiger partial charge in [0.1, 0.15) is 11.3 Å². The third-order valence-corrected chi connectivity index (χ3v) is 3.07. The number of aromatic hydroxyl groups is 1. The van der Waals surface area contributed by atoms with E-state index >= 15 is 0 Å². The standard InChI is InChI=1S/C15H11NO3/c1-19-15(18)10-6-7-13(17)14-11(10)8-9-4-2-3-5-12(9)16-14/h2-8,17H,1H3. The van der Waals surface area contributed by atoms with Crippen LogP contribution < -0.4 is 0 Å². The Balaban J connectivity index is 2.44. The summed E-state index contributed by atoms with van der Waals surface area (Å²) in [5, 5.41) is 11.4. The van der Waals surface area contributed by atoms with Crippen LogP contribution in [-0.4, -0.2) is 23.2 Å². The molecule has 0 aliphatic carbocycles. The van der Waals surface area contributed by atoms with E-state index in [-0.39, 0.29) is 5.75 Å². The van der Waals surface area contributed by atoms with Crippen molar-refractivity contribution in [2.45, 2.75) is 0 Å². The zero-order chi connectivity index (χ0) is 13.4. The van der Waals surface area contributed by atoms with Gasteiger partial charge in [-0.2, -0.15) is 0 Å². The van der Waals surface area contributed by atoms with Crippen molar-refractivity contribution in [3.05, 3.63) is 48.0 Å². The van der Waals surface area contributed by atoms with Crippen molar-refractivity contribution < 1.29 is 14.6 Å². The lowest BCUT2D eigenvalue weighted by molar-refractivity contribution is 0.0603. The lowest BCUT2D eigenvalue weighted by Crippen LogP contribution is -2.02. The first-order valence-corrected chi connectivity index (χ1v) is 5.80. The van der Waals surface area contributed by atoms with Gasteiger partial charge >= 0.3 is 5.97 Å². The Kier molecular flexibility index (Phi) is 2.56. The number of pyridine rings is 1. The Morgan fingerprint density at radius 3 is 2.79 bits per heavy atom. The van der Waals surface area contributed by atoms with Gasteiger partial charge in [-0.15, -0.1) is 0 Å². The number of ether oxygens (including phenoxy) is 1. The molecule has 0 saturated heterocycles. The number of phenols is 1. The molecule has 0 spiro atoms. The number of fused-ring (bicyclic) bond motifs is 2. The third-order valence-electron chi connectivity index (χ3n) is 3.07. The number of hydrogen-bond acceptors (Lipinski definition) is 4. The van der Waals surface area contributed by atoms with E-state index in [1.165, 1.54) is 13.2 Å². The van der Waals surface area contributed by atoms with E-state index in [4.69, 9.17) is 4.74 Å². The molecule has 1 N–H and O–H groups in total. The summed E-state index contributed by atoms with van der Waals surface area (Å²) >= 11 is 0.